The molecular weight excluding hydrogens is 378 g/mol. The molecule has 0 aliphatic heterocycles. The molecule has 9 nitrogen and oxygen atoms in total. The molecule has 0 rings (SSSR count). The van der Waals surface area contributed by atoms with Gasteiger partial charge in [0.1, 0.15) is 5.60 Å². The SMILES string of the molecule is C=CC(=O)NCCOCC(CC)(COCCNC(=O)C=C)OCCNC(=O)C=C. The first-order chi connectivity index (χ1) is 13.9. The van der Waals surface area contributed by atoms with Gasteiger partial charge in [0.25, 0.3) is 0 Å². The van der Waals surface area contributed by atoms with Crippen molar-refractivity contribution < 1.29 is 28.6 Å². The third-order valence-corrected chi connectivity index (χ3v) is 3.83. The zero-order chi connectivity index (χ0) is 22.0. The Hall–Kier alpha value is -2.49. The quantitative estimate of drug-likeness (QED) is 0.218. The second kappa shape index (κ2) is 16.5. The van der Waals surface area contributed by atoms with Gasteiger partial charge in [-0.1, -0.05) is 26.7 Å². The Kier molecular flexibility index (Phi) is 15.0. The lowest BCUT2D eigenvalue weighted by molar-refractivity contribution is -0.138. The molecule has 0 aliphatic carbocycles. The topological polar surface area (TPSA) is 115 Å². The van der Waals surface area contributed by atoms with Crippen molar-refractivity contribution in [3.8, 4) is 0 Å². The maximum absolute atomic E-state index is 11.2. The lowest BCUT2D eigenvalue weighted by Crippen LogP contribution is -2.45. The summed E-state index contributed by atoms with van der Waals surface area (Å²) in [4.78, 5) is 33.5. The molecule has 0 unspecified atom stereocenters. The molecule has 0 aromatic heterocycles. The van der Waals surface area contributed by atoms with Gasteiger partial charge in [-0.15, -0.1) is 0 Å². The summed E-state index contributed by atoms with van der Waals surface area (Å²) in [7, 11) is 0. The van der Waals surface area contributed by atoms with Crippen LogP contribution in [0.25, 0.3) is 0 Å². The molecule has 0 saturated carbocycles. The molecule has 9 heteroatoms. The van der Waals surface area contributed by atoms with Crippen molar-refractivity contribution in [2.24, 2.45) is 0 Å². The standard InChI is InChI=1S/C20H33N3O6/c1-5-17(24)21-9-12-27-15-20(8-4,29-14-11-23-19(26)7-3)16-28-13-10-22-18(25)6-2/h5-7H,1-3,8-16H2,4H3,(H,21,24)(H,22,25)(H,23,26). The van der Waals surface area contributed by atoms with Gasteiger partial charge in [0.2, 0.25) is 17.7 Å². The average Bonchev–Trinajstić information content (AvgIpc) is 2.74. The van der Waals surface area contributed by atoms with Crippen LogP contribution in [0.5, 0.6) is 0 Å². The number of rotatable bonds is 18. The highest BCUT2D eigenvalue weighted by atomic mass is 16.6. The van der Waals surface area contributed by atoms with E-state index < -0.39 is 5.60 Å². The summed E-state index contributed by atoms with van der Waals surface area (Å²) in [5, 5.41) is 7.89. The fraction of sp³-hybridized carbons (Fsp3) is 0.550. The predicted molar refractivity (Wildman–Crippen MR) is 110 cm³/mol. The number of carbonyl (C=O) groups excluding carboxylic acids is 3. The van der Waals surface area contributed by atoms with Crippen LogP contribution in [-0.4, -0.2) is 76.0 Å². The fourth-order valence-electron chi connectivity index (χ4n) is 2.10. The Labute approximate surface area is 172 Å². The second-order valence-electron chi connectivity index (χ2n) is 5.98. The summed E-state index contributed by atoms with van der Waals surface area (Å²) in [5.74, 6) is -0.817. The van der Waals surface area contributed by atoms with Crippen LogP contribution in [0.3, 0.4) is 0 Å². The number of carbonyl (C=O) groups is 3. The van der Waals surface area contributed by atoms with Crippen LogP contribution in [0.2, 0.25) is 0 Å². The highest BCUT2D eigenvalue weighted by molar-refractivity contribution is 5.87. The van der Waals surface area contributed by atoms with Crippen LogP contribution < -0.4 is 16.0 Å². The summed E-state index contributed by atoms with van der Waals surface area (Å²) in [6, 6.07) is 0. The van der Waals surface area contributed by atoms with E-state index in [-0.39, 0.29) is 37.5 Å². The van der Waals surface area contributed by atoms with Gasteiger partial charge in [-0.25, -0.2) is 0 Å². The van der Waals surface area contributed by atoms with Crippen LogP contribution in [0.15, 0.2) is 38.0 Å². The molecule has 0 atom stereocenters. The molecule has 0 radical (unpaired) electrons. The van der Waals surface area contributed by atoms with E-state index in [2.05, 4.69) is 35.7 Å². The summed E-state index contributed by atoms with van der Waals surface area (Å²) < 4.78 is 17.3. The van der Waals surface area contributed by atoms with Crippen LogP contribution >= 0.6 is 0 Å². The van der Waals surface area contributed by atoms with Gasteiger partial charge in [0, 0.05) is 19.6 Å². The highest BCUT2D eigenvalue weighted by Crippen LogP contribution is 2.17. The summed E-state index contributed by atoms with van der Waals surface area (Å²) >= 11 is 0. The first kappa shape index (κ1) is 26.5. The van der Waals surface area contributed by atoms with Crippen molar-refractivity contribution in [2.75, 3.05) is 52.7 Å². The van der Waals surface area contributed by atoms with Gasteiger partial charge in [0.05, 0.1) is 33.0 Å². The molecule has 0 spiro atoms. The van der Waals surface area contributed by atoms with E-state index in [9.17, 15) is 14.4 Å². The predicted octanol–water partition coefficient (Wildman–Crippen LogP) is 0.0916. The summed E-state index contributed by atoms with van der Waals surface area (Å²) in [6.45, 7) is 14.4. The van der Waals surface area contributed by atoms with E-state index in [0.717, 1.165) is 0 Å². The van der Waals surface area contributed by atoms with Gasteiger partial charge in [-0.3, -0.25) is 14.4 Å². The molecule has 0 fully saturated rings. The van der Waals surface area contributed by atoms with Crippen LogP contribution in [-0.2, 0) is 28.6 Å². The molecule has 164 valence electrons. The lowest BCUT2D eigenvalue weighted by atomic mass is 10.0. The van der Waals surface area contributed by atoms with Gasteiger partial charge in [-0.05, 0) is 24.6 Å². The normalized spacial score (nSPS) is 10.7. The number of ether oxygens (including phenoxy) is 3. The van der Waals surface area contributed by atoms with E-state index in [4.69, 9.17) is 14.2 Å². The monoisotopic (exact) mass is 411 g/mol. The summed E-state index contributed by atoms with van der Waals surface area (Å²) in [6.07, 6.45) is 4.17. The maximum Gasteiger partial charge on any atom is 0.243 e. The zero-order valence-electron chi connectivity index (χ0n) is 17.2. The molecule has 0 heterocycles. The number of hydrogen-bond donors (Lipinski definition) is 3. The third kappa shape index (κ3) is 13.3. The average molecular weight is 411 g/mol. The van der Waals surface area contributed by atoms with Gasteiger partial charge in [0.15, 0.2) is 0 Å². The van der Waals surface area contributed by atoms with Crippen LogP contribution in [0, 0.1) is 0 Å². The Morgan fingerprint density at radius 2 is 1.14 bits per heavy atom. The Bertz CT molecular complexity index is 520. The first-order valence-corrected chi connectivity index (χ1v) is 9.43. The minimum absolute atomic E-state index is 0.238. The number of amides is 3. The fourth-order valence-corrected chi connectivity index (χ4v) is 2.10. The minimum Gasteiger partial charge on any atom is -0.377 e. The van der Waals surface area contributed by atoms with Crippen molar-refractivity contribution in [3.05, 3.63) is 38.0 Å². The summed E-state index contributed by atoms with van der Waals surface area (Å²) in [5.41, 5.74) is -0.732. The molecule has 0 aromatic rings. The van der Waals surface area contributed by atoms with E-state index in [1.165, 1.54) is 18.2 Å². The molecule has 0 aliphatic rings. The molecule has 3 amide bonds. The third-order valence-electron chi connectivity index (χ3n) is 3.83. The molecule has 29 heavy (non-hydrogen) atoms. The van der Waals surface area contributed by atoms with E-state index in [1.54, 1.807) is 0 Å². The molecule has 0 saturated heterocycles. The van der Waals surface area contributed by atoms with Gasteiger partial charge < -0.3 is 30.2 Å². The number of nitrogens with one attached hydrogen (secondary N) is 3. The lowest BCUT2D eigenvalue weighted by Gasteiger charge is -2.32. The molecular formula is C20H33N3O6. The molecule has 3 N–H and O–H groups in total. The van der Waals surface area contributed by atoms with Crippen molar-refractivity contribution in [1.82, 2.24) is 16.0 Å². The van der Waals surface area contributed by atoms with Gasteiger partial charge in [-0.2, -0.15) is 0 Å². The van der Waals surface area contributed by atoms with Crippen LogP contribution in [0.1, 0.15) is 13.3 Å². The second-order valence-corrected chi connectivity index (χ2v) is 5.98. The van der Waals surface area contributed by atoms with Crippen molar-refractivity contribution in [3.63, 3.8) is 0 Å². The number of hydrogen-bond acceptors (Lipinski definition) is 6. The maximum atomic E-state index is 11.2. The van der Waals surface area contributed by atoms with Crippen molar-refractivity contribution in [1.29, 1.82) is 0 Å². The van der Waals surface area contributed by atoms with Gasteiger partial charge >= 0.3 is 0 Å². The molecule has 0 bridgehead atoms. The first-order valence-electron chi connectivity index (χ1n) is 9.43. The highest BCUT2D eigenvalue weighted by Gasteiger charge is 2.30. The zero-order valence-corrected chi connectivity index (χ0v) is 17.2. The van der Waals surface area contributed by atoms with E-state index in [0.29, 0.717) is 39.3 Å². The van der Waals surface area contributed by atoms with Crippen molar-refractivity contribution >= 4 is 17.7 Å². The van der Waals surface area contributed by atoms with E-state index in [1.807, 2.05) is 6.92 Å². The smallest absolute Gasteiger partial charge is 0.243 e. The largest absolute Gasteiger partial charge is 0.377 e. The Morgan fingerprint density at radius 3 is 1.48 bits per heavy atom. The van der Waals surface area contributed by atoms with Crippen LogP contribution in [0.4, 0.5) is 0 Å². The molecule has 0 aromatic carbocycles. The Balaban J connectivity index is 4.53. The Morgan fingerprint density at radius 1 is 0.759 bits per heavy atom. The van der Waals surface area contributed by atoms with Crippen molar-refractivity contribution in [2.45, 2.75) is 18.9 Å². The minimum atomic E-state index is -0.732. The van der Waals surface area contributed by atoms with E-state index >= 15 is 0 Å².